The molecule has 2 aromatic rings. The molecule has 0 radical (unpaired) electrons. The van der Waals surface area contributed by atoms with Gasteiger partial charge in [-0.1, -0.05) is 25.1 Å². The fraction of sp³-hybridized carbons (Fsp3) is 0.286. The van der Waals surface area contributed by atoms with E-state index in [0.717, 1.165) is 18.7 Å². The van der Waals surface area contributed by atoms with Gasteiger partial charge < -0.3 is 5.32 Å². The molecule has 1 aromatic carbocycles. The molecule has 0 spiro atoms. The van der Waals surface area contributed by atoms with E-state index < -0.39 is 0 Å². The van der Waals surface area contributed by atoms with Crippen LogP contribution in [0.1, 0.15) is 30.6 Å². The number of nitrogens with zero attached hydrogens (tertiary/aromatic N) is 2. The predicted molar refractivity (Wildman–Crippen MR) is 68.6 cm³/mol. The molecule has 4 heteroatoms. The number of rotatable bonds is 5. The Morgan fingerprint density at radius 1 is 1.28 bits per heavy atom. The van der Waals surface area contributed by atoms with Crippen LogP contribution in [0, 0.1) is 5.82 Å². The Balaban J connectivity index is 2.34. The summed E-state index contributed by atoms with van der Waals surface area (Å²) in [5.74, 6) is -0.218. The van der Waals surface area contributed by atoms with Gasteiger partial charge in [0.05, 0.1) is 11.7 Å². The number of nitrogens with one attached hydrogen (secondary N) is 1. The Kier molecular flexibility index (Phi) is 4.36. The highest BCUT2D eigenvalue weighted by Gasteiger charge is 2.17. The third kappa shape index (κ3) is 2.90. The summed E-state index contributed by atoms with van der Waals surface area (Å²) in [6.07, 6.45) is 4.14. The lowest BCUT2D eigenvalue weighted by atomic mass is 10.0. The molecule has 0 aliphatic rings. The second kappa shape index (κ2) is 6.21. The molecule has 0 amide bonds. The van der Waals surface area contributed by atoms with Crippen LogP contribution in [-0.4, -0.2) is 16.5 Å². The van der Waals surface area contributed by atoms with Gasteiger partial charge in [-0.25, -0.2) is 14.4 Å². The molecule has 1 heterocycles. The van der Waals surface area contributed by atoms with Gasteiger partial charge in [0.25, 0.3) is 0 Å². The minimum Gasteiger partial charge on any atom is -0.305 e. The van der Waals surface area contributed by atoms with Crippen LogP contribution in [0.15, 0.2) is 42.9 Å². The average Bonchev–Trinajstić information content (AvgIpc) is 2.42. The highest BCUT2D eigenvalue weighted by atomic mass is 19.1. The highest BCUT2D eigenvalue weighted by Crippen LogP contribution is 2.22. The van der Waals surface area contributed by atoms with Crippen LogP contribution >= 0.6 is 0 Å². The Bertz CT molecular complexity index is 487. The minimum absolute atomic E-state index is 0.218. The van der Waals surface area contributed by atoms with E-state index in [2.05, 4.69) is 22.2 Å². The summed E-state index contributed by atoms with van der Waals surface area (Å²) in [5.41, 5.74) is 1.40. The first-order chi connectivity index (χ1) is 8.83. The fourth-order valence-electron chi connectivity index (χ4n) is 1.84. The number of aromatic nitrogens is 2. The molecular formula is C14H16FN3. The Hall–Kier alpha value is -1.81. The molecule has 0 fully saturated rings. The van der Waals surface area contributed by atoms with Gasteiger partial charge in [-0.3, -0.25) is 0 Å². The van der Waals surface area contributed by atoms with Gasteiger partial charge >= 0.3 is 0 Å². The number of benzene rings is 1. The van der Waals surface area contributed by atoms with E-state index in [4.69, 9.17) is 0 Å². The van der Waals surface area contributed by atoms with Crippen LogP contribution in [0.2, 0.25) is 0 Å². The van der Waals surface area contributed by atoms with Crippen LogP contribution in [0.25, 0.3) is 0 Å². The SMILES string of the molecule is CCCNC(c1ccncn1)c1ccccc1F. The van der Waals surface area contributed by atoms with Crippen molar-refractivity contribution in [2.45, 2.75) is 19.4 Å². The first-order valence-corrected chi connectivity index (χ1v) is 6.06. The molecule has 3 nitrogen and oxygen atoms in total. The van der Waals surface area contributed by atoms with E-state index >= 15 is 0 Å². The van der Waals surface area contributed by atoms with E-state index in [0.29, 0.717) is 5.56 Å². The lowest BCUT2D eigenvalue weighted by Crippen LogP contribution is -2.25. The van der Waals surface area contributed by atoms with Crippen LogP contribution < -0.4 is 5.32 Å². The minimum atomic E-state index is -0.228. The summed E-state index contributed by atoms with van der Waals surface area (Å²) in [6, 6.07) is 8.35. The summed E-state index contributed by atoms with van der Waals surface area (Å²) >= 11 is 0. The molecular weight excluding hydrogens is 229 g/mol. The molecule has 0 saturated heterocycles. The quantitative estimate of drug-likeness (QED) is 0.880. The van der Waals surface area contributed by atoms with Crippen molar-refractivity contribution in [3.05, 3.63) is 59.9 Å². The summed E-state index contributed by atoms with van der Waals surface area (Å²) < 4.78 is 13.9. The van der Waals surface area contributed by atoms with Crippen molar-refractivity contribution in [2.75, 3.05) is 6.54 Å². The first kappa shape index (κ1) is 12.6. The maximum Gasteiger partial charge on any atom is 0.128 e. The molecule has 18 heavy (non-hydrogen) atoms. The van der Waals surface area contributed by atoms with E-state index in [-0.39, 0.29) is 11.9 Å². The Morgan fingerprint density at radius 3 is 2.78 bits per heavy atom. The maximum atomic E-state index is 13.9. The van der Waals surface area contributed by atoms with Crippen molar-refractivity contribution in [2.24, 2.45) is 0 Å². The maximum absolute atomic E-state index is 13.9. The van der Waals surface area contributed by atoms with Crippen molar-refractivity contribution >= 4 is 0 Å². The molecule has 0 saturated carbocycles. The molecule has 94 valence electrons. The van der Waals surface area contributed by atoms with Crippen LogP contribution in [0.4, 0.5) is 4.39 Å². The lowest BCUT2D eigenvalue weighted by Gasteiger charge is -2.18. The van der Waals surface area contributed by atoms with Crippen LogP contribution in [-0.2, 0) is 0 Å². The molecule has 2 rings (SSSR count). The van der Waals surface area contributed by atoms with E-state index in [1.807, 2.05) is 6.07 Å². The van der Waals surface area contributed by atoms with Crippen molar-refractivity contribution in [3.63, 3.8) is 0 Å². The first-order valence-electron chi connectivity index (χ1n) is 6.06. The van der Waals surface area contributed by atoms with Crippen molar-refractivity contribution in [3.8, 4) is 0 Å². The normalized spacial score (nSPS) is 12.3. The number of hydrogen-bond acceptors (Lipinski definition) is 3. The largest absolute Gasteiger partial charge is 0.305 e. The zero-order valence-corrected chi connectivity index (χ0v) is 10.3. The van der Waals surface area contributed by atoms with Crippen LogP contribution in [0.5, 0.6) is 0 Å². The van der Waals surface area contributed by atoms with Gasteiger partial charge in [-0.2, -0.15) is 0 Å². The monoisotopic (exact) mass is 245 g/mol. The summed E-state index contributed by atoms with van der Waals surface area (Å²) in [6.45, 7) is 2.88. The predicted octanol–water partition coefficient (Wildman–Crippen LogP) is 2.70. The molecule has 0 aliphatic heterocycles. The topological polar surface area (TPSA) is 37.8 Å². The standard InChI is InChI=1S/C14H16FN3/c1-2-8-17-14(13-7-9-16-10-18-13)11-5-3-4-6-12(11)15/h3-7,9-10,14,17H,2,8H2,1H3. The van der Waals surface area contributed by atoms with Crippen molar-refractivity contribution in [1.82, 2.24) is 15.3 Å². The zero-order chi connectivity index (χ0) is 12.8. The van der Waals surface area contributed by atoms with E-state index in [9.17, 15) is 4.39 Å². The summed E-state index contributed by atoms with van der Waals surface area (Å²) in [4.78, 5) is 8.10. The Labute approximate surface area is 106 Å². The summed E-state index contributed by atoms with van der Waals surface area (Å²) in [5, 5.41) is 3.31. The fourth-order valence-corrected chi connectivity index (χ4v) is 1.84. The Morgan fingerprint density at radius 2 is 2.11 bits per heavy atom. The zero-order valence-electron chi connectivity index (χ0n) is 10.3. The van der Waals surface area contributed by atoms with Crippen molar-refractivity contribution < 1.29 is 4.39 Å². The smallest absolute Gasteiger partial charge is 0.128 e. The van der Waals surface area contributed by atoms with Crippen LogP contribution in [0.3, 0.4) is 0 Å². The molecule has 1 unspecified atom stereocenters. The van der Waals surface area contributed by atoms with Gasteiger partial charge in [0, 0.05) is 11.8 Å². The lowest BCUT2D eigenvalue weighted by molar-refractivity contribution is 0.538. The van der Waals surface area contributed by atoms with Gasteiger partial charge in [0.15, 0.2) is 0 Å². The molecule has 1 atom stereocenters. The number of hydrogen-bond donors (Lipinski definition) is 1. The second-order valence-corrected chi connectivity index (χ2v) is 4.04. The highest BCUT2D eigenvalue weighted by molar-refractivity contribution is 5.28. The molecule has 1 N–H and O–H groups in total. The van der Waals surface area contributed by atoms with Gasteiger partial charge in [-0.05, 0) is 25.1 Å². The van der Waals surface area contributed by atoms with Crippen molar-refractivity contribution in [1.29, 1.82) is 0 Å². The van der Waals surface area contributed by atoms with Gasteiger partial charge in [0.1, 0.15) is 12.1 Å². The van der Waals surface area contributed by atoms with E-state index in [1.165, 1.54) is 12.4 Å². The third-order valence-electron chi connectivity index (χ3n) is 2.72. The second-order valence-electron chi connectivity index (χ2n) is 4.04. The summed E-state index contributed by atoms with van der Waals surface area (Å²) in [7, 11) is 0. The number of halogens is 1. The van der Waals surface area contributed by atoms with Gasteiger partial charge in [0.2, 0.25) is 0 Å². The van der Waals surface area contributed by atoms with E-state index in [1.54, 1.807) is 24.4 Å². The molecule has 0 aliphatic carbocycles. The van der Waals surface area contributed by atoms with Gasteiger partial charge in [-0.15, -0.1) is 0 Å². The third-order valence-corrected chi connectivity index (χ3v) is 2.72. The average molecular weight is 245 g/mol. The molecule has 0 bridgehead atoms. The molecule has 1 aromatic heterocycles.